The molecule has 8 nitrogen and oxygen atoms in total. The molecule has 152 valence electrons. The molecule has 9 heteroatoms. The van der Waals surface area contributed by atoms with E-state index in [1.807, 2.05) is 0 Å². The van der Waals surface area contributed by atoms with Crippen LogP contribution in [0.25, 0.3) is 0 Å². The van der Waals surface area contributed by atoms with Crippen molar-refractivity contribution in [2.75, 3.05) is 12.4 Å². The number of anilines is 1. The van der Waals surface area contributed by atoms with Crippen LogP contribution in [0.2, 0.25) is 0 Å². The monoisotopic (exact) mass is 415 g/mol. The van der Waals surface area contributed by atoms with E-state index in [2.05, 4.69) is 15.5 Å². The fraction of sp³-hybridized carbons (Fsp3) is 0.250. The highest BCUT2D eigenvalue weighted by molar-refractivity contribution is 7.92. The first-order valence-electron chi connectivity index (χ1n) is 8.91. The van der Waals surface area contributed by atoms with E-state index in [1.165, 1.54) is 7.11 Å². The average Bonchev–Trinajstić information content (AvgIpc) is 3.14. The number of amides is 1. The van der Waals surface area contributed by atoms with Crippen molar-refractivity contribution < 1.29 is 22.4 Å². The predicted octanol–water partition coefficient (Wildman–Crippen LogP) is 3.10. The van der Waals surface area contributed by atoms with E-state index in [0.717, 1.165) is 5.56 Å². The molecule has 0 aliphatic carbocycles. The van der Waals surface area contributed by atoms with Crippen molar-refractivity contribution in [3.63, 3.8) is 0 Å². The molecule has 0 spiro atoms. The van der Waals surface area contributed by atoms with Gasteiger partial charge in [0.2, 0.25) is 5.89 Å². The Balaban J connectivity index is 1.68. The summed E-state index contributed by atoms with van der Waals surface area (Å²) >= 11 is 0. The third-order valence-electron chi connectivity index (χ3n) is 4.27. The molecule has 3 rings (SSSR count). The highest BCUT2D eigenvalue weighted by atomic mass is 32.2. The first kappa shape index (κ1) is 20.5. The highest BCUT2D eigenvalue weighted by Crippen LogP contribution is 2.20. The maximum absolute atomic E-state index is 12.4. The van der Waals surface area contributed by atoms with Crippen molar-refractivity contribution >= 4 is 21.8 Å². The highest BCUT2D eigenvalue weighted by Gasteiger charge is 2.19. The second-order valence-electron chi connectivity index (χ2n) is 6.57. The lowest BCUT2D eigenvalue weighted by molar-refractivity contribution is 0.102. The predicted molar refractivity (Wildman–Crippen MR) is 107 cm³/mol. The smallest absolute Gasteiger partial charge is 0.322 e. The molecular formula is C20H21N3O5S. The van der Waals surface area contributed by atoms with E-state index in [-0.39, 0.29) is 10.9 Å². The molecule has 29 heavy (non-hydrogen) atoms. The number of hydrogen-bond donors (Lipinski definition) is 1. The number of aromatic nitrogens is 2. The topological polar surface area (TPSA) is 111 Å². The number of carbonyl (C=O) groups is 1. The summed E-state index contributed by atoms with van der Waals surface area (Å²) in [4.78, 5) is 12.6. The number of nitrogens with zero attached hydrogens (tertiary/aromatic N) is 2. The van der Waals surface area contributed by atoms with Gasteiger partial charge >= 0.3 is 6.01 Å². The second kappa shape index (κ2) is 8.44. The quantitative estimate of drug-likeness (QED) is 0.631. The number of ether oxygens (including phenoxy) is 1. The molecule has 0 aliphatic heterocycles. The van der Waals surface area contributed by atoms with Crippen molar-refractivity contribution in [3.8, 4) is 5.75 Å². The van der Waals surface area contributed by atoms with Crippen molar-refractivity contribution in [1.29, 1.82) is 0 Å². The minimum Gasteiger partial charge on any atom is -0.496 e. The summed E-state index contributed by atoms with van der Waals surface area (Å²) in [6, 6.07) is 13.3. The minimum atomic E-state index is -3.32. The van der Waals surface area contributed by atoms with Gasteiger partial charge in [0.15, 0.2) is 9.84 Å². The third kappa shape index (κ3) is 4.62. The summed E-state index contributed by atoms with van der Waals surface area (Å²) in [7, 11) is -1.84. The Bertz CT molecular complexity index is 1110. The Labute approximate surface area is 168 Å². The Morgan fingerprint density at radius 1 is 1.10 bits per heavy atom. The van der Waals surface area contributed by atoms with Gasteiger partial charge in [0.05, 0.1) is 29.2 Å². The van der Waals surface area contributed by atoms with E-state index in [1.54, 1.807) is 62.4 Å². The zero-order valence-corrected chi connectivity index (χ0v) is 17.1. The number of hydrogen-bond acceptors (Lipinski definition) is 7. The number of para-hydroxylation sites is 1. The molecule has 0 saturated carbocycles. The molecule has 1 N–H and O–H groups in total. The number of sulfone groups is 1. The molecule has 0 fully saturated rings. The normalized spacial score (nSPS) is 11.4. The van der Waals surface area contributed by atoms with Crippen molar-refractivity contribution in [2.24, 2.45) is 0 Å². The zero-order chi connectivity index (χ0) is 21.0. The Hall–Kier alpha value is -3.20. The van der Waals surface area contributed by atoms with Crippen molar-refractivity contribution in [3.05, 3.63) is 65.5 Å². The van der Waals surface area contributed by atoms with Gasteiger partial charge in [-0.05, 0) is 43.7 Å². The molecule has 0 aliphatic rings. The Morgan fingerprint density at radius 3 is 2.45 bits per heavy atom. The molecule has 1 amide bonds. The lowest BCUT2D eigenvalue weighted by Crippen LogP contribution is -2.13. The molecule has 1 heterocycles. The van der Waals surface area contributed by atoms with Crippen LogP contribution in [-0.4, -0.2) is 36.9 Å². The van der Waals surface area contributed by atoms with Crippen LogP contribution in [0.15, 0.2) is 57.8 Å². The van der Waals surface area contributed by atoms with Gasteiger partial charge in [0.25, 0.3) is 5.91 Å². The molecule has 0 radical (unpaired) electrons. The summed E-state index contributed by atoms with van der Waals surface area (Å²) in [5.41, 5.74) is 1.15. The minimum absolute atomic E-state index is 0.0325. The van der Waals surface area contributed by atoms with E-state index >= 15 is 0 Å². The van der Waals surface area contributed by atoms with Crippen molar-refractivity contribution in [2.45, 2.75) is 30.4 Å². The number of methoxy groups -OCH3 is 1. The average molecular weight is 415 g/mol. The van der Waals surface area contributed by atoms with Gasteiger partial charge in [-0.2, -0.15) is 0 Å². The summed E-state index contributed by atoms with van der Waals surface area (Å²) < 4.78 is 35.0. The van der Waals surface area contributed by atoms with E-state index in [4.69, 9.17) is 9.15 Å². The first-order valence-corrected chi connectivity index (χ1v) is 10.5. The van der Waals surface area contributed by atoms with Gasteiger partial charge in [-0.25, -0.2) is 8.42 Å². The second-order valence-corrected chi connectivity index (χ2v) is 9.07. The Morgan fingerprint density at radius 2 is 1.79 bits per heavy atom. The van der Waals surface area contributed by atoms with Gasteiger partial charge in [0, 0.05) is 0 Å². The number of rotatable bonds is 7. The van der Waals surface area contributed by atoms with Crippen LogP contribution < -0.4 is 10.1 Å². The molecule has 2 aromatic carbocycles. The fourth-order valence-electron chi connectivity index (χ4n) is 2.62. The van der Waals surface area contributed by atoms with Crippen LogP contribution in [0, 0.1) is 0 Å². The summed E-state index contributed by atoms with van der Waals surface area (Å²) in [6.45, 7) is 3.28. The molecule has 0 unspecified atom stereocenters. The fourth-order valence-corrected chi connectivity index (χ4v) is 3.68. The third-order valence-corrected chi connectivity index (χ3v) is 6.44. The SMILES string of the molecule is COc1ccccc1C(=O)Nc1nnc(Cc2ccc(S(=O)(=O)C(C)C)cc2)o1. The maximum atomic E-state index is 12.4. The molecular weight excluding hydrogens is 394 g/mol. The number of benzene rings is 2. The molecule has 0 saturated heterocycles. The zero-order valence-electron chi connectivity index (χ0n) is 16.2. The lowest BCUT2D eigenvalue weighted by Gasteiger charge is -2.08. The maximum Gasteiger partial charge on any atom is 0.322 e. The van der Waals surface area contributed by atoms with Crippen LogP contribution >= 0.6 is 0 Å². The molecule has 0 atom stereocenters. The molecule has 0 bridgehead atoms. The molecule has 1 aromatic heterocycles. The van der Waals surface area contributed by atoms with E-state index in [9.17, 15) is 13.2 Å². The van der Waals surface area contributed by atoms with Gasteiger partial charge in [-0.1, -0.05) is 29.4 Å². The van der Waals surface area contributed by atoms with E-state index in [0.29, 0.717) is 23.6 Å². The van der Waals surface area contributed by atoms with Crippen LogP contribution in [-0.2, 0) is 16.3 Å². The lowest BCUT2D eigenvalue weighted by atomic mass is 10.1. The Kier molecular flexibility index (Phi) is 5.97. The van der Waals surface area contributed by atoms with Crippen LogP contribution in [0.5, 0.6) is 5.75 Å². The summed E-state index contributed by atoms with van der Waals surface area (Å²) in [5.74, 6) is 0.293. The molecule has 3 aromatic rings. The van der Waals surface area contributed by atoms with Crippen molar-refractivity contribution in [1.82, 2.24) is 10.2 Å². The van der Waals surface area contributed by atoms with Gasteiger partial charge < -0.3 is 9.15 Å². The number of nitrogens with one attached hydrogen (secondary N) is 1. The van der Waals surface area contributed by atoms with E-state index < -0.39 is 21.0 Å². The van der Waals surface area contributed by atoms with Gasteiger partial charge in [-0.3, -0.25) is 10.1 Å². The van der Waals surface area contributed by atoms with Gasteiger partial charge in [0.1, 0.15) is 5.75 Å². The van der Waals surface area contributed by atoms with Crippen LogP contribution in [0.1, 0.15) is 35.7 Å². The standard InChI is InChI=1S/C20H21N3O5S/c1-13(2)29(25,26)15-10-8-14(9-11-15)12-18-22-23-20(28-18)21-19(24)16-6-4-5-7-17(16)27-3/h4-11,13H,12H2,1-3H3,(H,21,23,24). The number of carbonyl (C=O) groups excluding carboxylic acids is 1. The van der Waals surface area contributed by atoms with Crippen LogP contribution in [0.3, 0.4) is 0 Å². The largest absolute Gasteiger partial charge is 0.496 e. The van der Waals surface area contributed by atoms with Gasteiger partial charge in [-0.15, -0.1) is 5.10 Å². The van der Waals surface area contributed by atoms with Crippen LogP contribution in [0.4, 0.5) is 6.01 Å². The summed E-state index contributed by atoms with van der Waals surface area (Å²) in [6.07, 6.45) is 0.305. The summed E-state index contributed by atoms with van der Waals surface area (Å²) in [5, 5.41) is 9.80. The first-order chi connectivity index (χ1) is 13.8.